The van der Waals surface area contributed by atoms with E-state index in [1.807, 2.05) is 60.7 Å². The number of hydrogen-bond donors (Lipinski definition) is 3. The fourth-order valence-electron chi connectivity index (χ4n) is 4.67. The van der Waals surface area contributed by atoms with Gasteiger partial charge in [-0.3, -0.25) is 14.4 Å². The molecule has 0 aliphatic carbocycles. The average molecular weight is 638 g/mol. The molecule has 3 aromatic rings. The van der Waals surface area contributed by atoms with Crippen LogP contribution in [0.4, 0.5) is 5.13 Å². The summed E-state index contributed by atoms with van der Waals surface area (Å²) in [4.78, 5) is 62.7. The lowest BCUT2D eigenvalue weighted by atomic mass is 9.89. The molecule has 0 saturated carbocycles. The van der Waals surface area contributed by atoms with E-state index < -0.39 is 52.3 Å². The molecule has 12 nitrogen and oxygen atoms in total. The minimum Gasteiger partial charge on any atom is -0.481 e. The molecule has 2 saturated heterocycles. The molecular weight excluding hydrogens is 606 g/mol. The number of esters is 1. The van der Waals surface area contributed by atoms with Crippen molar-refractivity contribution in [2.45, 2.75) is 43.9 Å². The van der Waals surface area contributed by atoms with Crippen molar-refractivity contribution in [3.05, 3.63) is 82.9 Å². The summed E-state index contributed by atoms with van der Waals surface area (Å²) in [5, 5.41) is 17.5. The van der Waals surface area contributed by atoms with E-state index in [1.165, 1.54) is 35.9 Å². The Balaban J connectivity index is 1.33. The Morgan fingerprint density at radius 2 is 1.75 bits per heavy atom. The molecule has 3 heterocycles. The number of rotatable bonds is 10. The summed E-state index contributed by atoms with van der Waals surface area (Å²) in [6.07, 6.45) is -0.721. The lowest BCUT2D eigenvalue weighted by Crippen LogP contribution is -2.73. The van der Waals surface area contributed by atoms with Crippen molar-refractivity contribution < 1.29 is 33.9 Å². The van der Waals surface area contributed by atoms with Crippen molar-refractivity contribution in [3.8, 4) is 0 Å². The number of carboxylic acid groups (broad SMARTS) is 1. The first-order valence-electron chi connectivity index (χ1n) is 13.6. The van der Waals surface area contributed by atoms with Gasteiger partial charge in [-0.1, -0.05) is 65.8 Å². The predicted octanol–water partition coefficient (Wildman–Crippen LogP) is 3.05. The normalized spacial score (nSPS) is 21.7. The molecule has 0 spiro atoms. The van der Waals surface area contributed by atoms with Gasteiger partial charge >= 0.3 is 11.9 Å². The number of thioether (sulfide) groups is 1. The fourth-order valence-corrected chi connectivity index (χ4v) is 6.71. The van der Waals surface area contributed by atoms with Gasteiger partial charge in [0.05, 0.1) is 5.41 Å². The number of carboxylic acids is 1. The number of ether oxygens (including phenoxy) is 1. The summed E-state index contributed by atoms with van der Waals surface area (Å²) in [6, 6.07) is 17.6. The summed E-state index contributed by atoms with van der Waals surface area (Å²) in [5.41, 5.74) is 4.41. The molecule has 230 valence electrons. The number of nitrogens with zero attached hydrogens (tertiary/aromatic N) is 3. The van der Waals surface area contributed by atoms with Gasteiger partial charge in [0.15, 0.2) is 16.9 Å². The largest absolute Gasteiger partial charge is 0.481 e. The highest BCUT2D eigenvalue weighted by Crippen LogP contribution is 2.42. The predicted molar refractivity (Wildman–Crippen MR) is 165 cm³/mol. The molecule has 1 aromatic heterocycles. The number of nitrogen functional groups attached to an aromatic ring is 1. The minimum absolute atomic E-state index is 0.0428. The fraction of sp³-hybridized carbons (Fsp3) is 0.333. The number of oxime groups is 1. The van der Waals surface area contributed by atoms with Crippen molar-refractivity contribution in [2.75, 3.05) is 18.0 Å². The number of anilines is 1. The second-order valence-electron chi connectivity index (χ2n) is 11.2. The van der Waals surface area contributed by atoms with E-state index in [9.17, 15) is 24.3 Å². The molecule has 44 heavy (non-hydrogen) atoms. The van der Waals surface area contributed by atoms with E-state index >= 15 is 0 Å². The van der Waals surface area contributed by atoms with Gasteiger partial charge in [-0.15, -0.1) is 23.1 Å². The number of benzene rings is 2. The first-order chi connectivity index (χ1) is 20.9. The molecule has 5 rings (SSSR count). The zero-order chi connectivity index (χ0) is 31.6. The van der Waals surface area contributed by atoms with Gasteiger partial charge < -0.3 is 30.6 Å². The van der Waals surface area contributed by atoms with Crippen molar-refractivity contribution in [3.63, 3.8) is 0 Å². The monoisotopic (exact) mass is 637 g/mol. The van der Waals surface area contributed by atoms with E-state index in [0.717, 1.165) is 22.5 Å². The molecule has 1 unspecified atom stereocenters. The number of aliphatic carboxylic acids is 1. The number of carbonyl (C=O) groups excluding carboxylic acids is 3. The standard InChI is InChI=1S/C30H31N5O7S2/c1-29(2,27(40)41-22(17-10-6-4-7-11-17)18-12-8-5-9-13-18)42-34-20(19-14-43-28(31)32-19)23(36)33-21-24(37)35-15-30(3,26(38)39)16-44-25(21)35/h4-14,21-22,25H,15-16H2,1-3H3,(H2,31,32)(H,33,36)(H,38,39)/t21-,25-,30?/m1/s1. The number of β-lactam (4-membered cyclic amide) rings is 1. The number of thiazole rings is 1. The van der Waals surface area contributed by atoms with Gasteiger partial charge in [0.1, 0.15) is 17.1 Å². The third-order valence-corrected chi connectivity index (χ3v) is 9.65. The van der Waals surface area contributed by atoms with E-state index in [0.29, 0.717) is 0 Å². The van der Waals surface area contributed by atoms with Crippen LogP contribution in [0, 0.1) is 5.41 Å². The first-order valence-corrected chi connectivity index (χ1v) is 15.6. The van der Waals surface area contributed by atoms with Crippen LogP contribution in [0.25, 0.3) is 0 Å². The summed E-state index contributed by atoms with van der Waals surface area (Å²) in [7, 11) is 0. The number of hydrogen-bond acceptors (Lipinski definition) is 11. The van der Waals surface area contributed by atoms with Crippen LogP contribution in [0.15, 0.2) is 71.2 Å². The summed E-state index contributed by atoms with van der Waals surface area (Å²) < 4.78 is 5.93. The van der Waals surface area contributed by atoms with Crippen molar-refractivity contribution in [1.29, 1.82) is 0 Å². The minimum atomic E-state index is -1.64. The van der Waals surface area contributed by atoms with Gasteiger partial charge in [0.2, 0.25) is 11.5 Å². The molecule has 2 aliphatic heterocycles. The van der Waals surface area contributed by atoms with E-state index in [-0.39, 0.29) is 28.8 Å². The van der Waals surface area contributed by atoms with Crippen LogP contribution < -0.4 is 11.1 Å². The maximum Gasteiger partial charge on any atom is 0.353 e. The zero-order valence-electron chi connectivity index (χ0n) is 24.1. The second kappa shape index (κ2) is 12.3. The molecule has 14 heteroatoms. The van der Waals surface area contributed by atoms with Gasteiger partial charge in [-0.25, -0.2) is 9.78 Å². The molecule has 0 radical (unpaired) electrons. The Labute approximate surface area is 261 Å². The number of amides is 2. The van der Waals surface area contributed by atoms with Crippen molar-refractivity contribution >= 4 is 57.7 Å². The van der Waals surface area contributed by atoms with Crippen LogP contribution in [-0.2, 0) is 28.8 Å². The molecular formula is C30H31N5O7S2. The Bertz CT molecular complexity index is 1560. The number of nitrogens with one attached hydrogen (secondary N) is 1. The van der Waals surface area contributed by atoms with Gasteiger partial charge in [-0.2, -0.15) is 0 Å². The molecule has 4 N–H and O–H groups in total. The van der Waals surface area contributed by atoms with Gasteiger partial charge in [-0.05, 0) is 31.9 Å². The van der Waals surface area contributed by atoms with E-state index in [1.54, 1.807) is 6.92 Å². The number of carbonyl (C=O) groups is 4. The lowest BCUT2D eigenvalue weighted by molar-refractivity contribution is -0.172. The van der Waals surface area contributed by atoms with Crippen LogP contribution in [0.2, 0.25) is 0 Å². The number of aromatic nitrogens is 1. The highest BCUT2D eigenvalue weighted by Gasteiger charge is 2.56. The maximum atomic E-state index is 13.5. The summed E-state index contributed by atoms with van der Waals surface area (Å²) in [6.45, 7) is 4.55. The topological polar surface area (TPSA) is 174 Å². The summed E-state index contributed by atoms with van der Waals surface area (Å²) in [5.74, 6) is -2.62. The molecule has 2 amide bonds. The smallest absolute Gasteiger partial charge is 0.353 e. The van der Waals surface area contributed by atoms with Gasteiger partial charge in [0, 0.05) is 17.7 Å². The first kappa shape index (κ1) is 31.0. The lowest BCUT2D eigenvalue weighted by Gasteiger charge is -2.53. The summed E-state index contributed by atoms with van der Waals surface area (Å²) >= 11 is 2.36. The molecule has 2 aromatic carbocycles. The molecule has 0 bridgehead atoms. The zero-order valence-corrected chi connectivity index (χ0v) is 25.8. The highest BCUT2D eigenvalue weighted by molar-refractivity contribution is 8.00. The Morgan fingerprint density at radius 3 is 2.30 bits per heavy atom. The Morgan fingerprint density at radius 1 is 1.14 bits per heavy atom. The SMILES string of the molecule is CC1(C(=O)O)CS[C@@H]2[C@H](NC(=O)C(=NOC(C)(C)C(=O)OC(c3ccccc3)c3ccccc3)c3csc(N)n3)C(=O)N2C1. The average Bonchev–Trinajstić information content (AvgIpc) is 3.44. The van der Waals surface area contributed by atoms with E-state index in [4.69, 9.17) is 15.3 Å². The van der Waals surface area contributed by atoms with Crippen molar-refractivity contribution in [1.82, 2.24) is 15.2 Å². The quantitative estimate of drug-likeness (QED) is 0.130. The van der Waals surface area contributed by atoms with Gasteiger partial charge in [0.25, 0.3) is 5.91 Å². The highest BCUT2D eigenvalue weighted by atomic mass is 32.2. The van der Waals surface area contributed by atoms with E-state index in [2.05, 4.69) is 15.5 Å². The van der Waals surface area contributed by atoms with Crippen LogP contribution in [0.5, 0.6) is 0 Å². The maximum absolute atomic E-state index is 13.5. The van der Waals surface area contributed by atoms with Crippen molar-refractivity contribution in [2.24, 2.45) is 10.6 Å². The van der Waals surface area contributed by atoms with Crippen LogP contribution in [0.1, 0.15) is 43.7 Å². The molecule has 2 aliphatic rings. The third-order valence-electron chi connectivity index (χ3n) is 7.30. The Hall–Kier alpha value is -4.43. The molecule has 3 atom stereocenters. The second-order valence-corrected chi connectivity index (χ2v) is 13.2. The van der Waals surface area contributed by atoms with Crippen LogP contribution in [0.3, 0.4) is 0 Å². The third kappa shape index (κ3) is 6.26. The number of fused-ring (bicyclic) bond motifs is 1. The molecule has 2 fully saturated rings. The van der Waals surface area contributed by atoms with Crippen LogP contribution >= 0.6 is 23.1 Å². The van der Waals surface area contributed by atoms with Crippen LogP contribution in [-0.4, -0.2) is 73.8 Å². The Kier molecular flexibility index (Phi) is 8.66. The number of nitrogens with two attached hydrogens (primary N) is 1.